The van der Waals surface area contributed by atoms with Gasteiger partial charge in [0.25, 0.3) is 0 Å². The number of anilines is 1. The molecule has 1 aliphatic rings. The Morgan fingerprint density at radius 3 is 2.85 bits per heavy atom. The summed E-state index contributed by atoms with van der Waals surface area (Å²) in [6, 6.07) is 9.48. The molecule has 1 atom stereocenters. The largest absolute Gasteiger partial charge is 0.373 e. The number of rotatable bonds is 7. The molecule has 1 saturated heterocycles. The summed E-state index contributed by atoms with van der Waals surface area (Å²) in [4.78, 5) is 4.92. The number of likely N-dealkylation sites (tertiary alicyclic amines) is 1. The minimum absolute atomic E-state index is 0.705. The predicted octanol–water partition coefficient (Wildman–Crippen LogP) is 2.72. The Labute approximate surface area is 124 Å². The molecular weight excluding hydrogens is 246 g/mol. The van der Waals surface area contributed by atoms with Crippen molar-refractivity contribution in [2.75, 3.05) is 38.6 Å². The topological polar surface area (TPSA) is 18.5 Å². The van der Waals surface area contributed by atoms with Gasteiger partial charge in [0.2, 0.25) is 0 Å². The quantitative estimate of drug-likeness (QED) is 0.772. The number of hydrogen-bond acceptors (Lipinski definition) is 3. The molecule has 1 heterocycles. The van der Waals surface area contributed by atoms with E-state index in [2.05, 4.69) is 60.4 Å². The second-order valence-electron chi connectivity index (χ2n) is 5.96. The van der Waals surface area contributed by atoms with Gasteiger partial charge >= 0.3 is 0 Å². The maximum absolute atomic E-state index is 3.51. The van der Waals surface area contributed by atoms with Crippen LogP contribution in [-0.2, 0) is 6.54 Å². The van der Waals surface area contributed by atoms with Crippen LogP contribution in [0.5, 0.6) is 0 Å². The first-order valence-electron chi connectivity index (χ1n) is 7.92. The lowest BCUT2D eigenvalue weighted by molar-refractivity contribution is 0.314. The first-order valence-corrected chi connectivity index (χ1v) is 7.92. The number of para-hydroxylation sites is 1. The van der Waals surface area contributed by atoms with E-state index in [1.807, 2.05) is 0 Å². The summed E-state index contributed by atoms with van der Waals surface area (Å²) in [6.45, 7) is 6.64. The molecule has 0 spiro atoms. The van der Waals surface area contributed by atoms with Crippen molar-refractivity contribution in [1.29, 1.82) is 0 Å². The molecule has 2 rings (SSSR count). The van der Waals surface area contributed by atoms with E-state index >= 15 is 0 Å². The van der Waals surface area contributed by atoms with Crippen LogP contribution in [0.15, 0.2) is 24.3 Å². The second kappa shape index (κ2) is 7.65. The number of nitrogens with zero attached hydrogens (tertiary/aromatic N) is 2. The number of benzene rings is 1. The summed E-state index contributed by atoms with van der Waals surface area (Å²) in [6.07, 6.45) is 3.86. The highest BCUT2D eigenvalue weighted by Gasteiger charge is 2.22. The molecule has 20 heavy (non-hydrogen) atoms. The highest BCUT2D eigenvalue weighted by Crippen LogP contribution is 2.22. The van der Waals surface area contributed by atoms with Crippen LogP contribution in [0.25, 0.3) is 0 Å². The lowest BCUT2D eigenvalue weighted by atomic mass is 10.1. The standard InChI is InChI=1S/C17H29N3/c1-4-11-18-13-15-8-5-6-10-17(15)20(3)14-16-9-7-12-19(16)2/h5-6,8,10,16,18H,4,7,9,11-14H2,1-3H3. The third kappa shape index (κ3) is 3.97. The first kappa shape index (κ1) is 15.3. The monoisotopic (exact) mass is 275 g/mol. The summed E-state index contributed by atoms with van der Waals surface area (Å²) >= 11 is 0. The molecule has 0 amide bonds. The van der Waals surface area contributed by atoms with Crippen LogP contribution in [0.2, 0.25) is 0 Å². The Balaban J connectivity index is 1.99. The van der Waals surface area contributed by atoms with Gasteiger partial charge in [-0.3, -0.25) is 0 Å². The Morgan fingerprint density at radius 2 is 2.15 bits per heavy atom. The van der Waals surface area contributed by atoms with Crippen molar-refractivity contribution < 1.29 is 0 Å². The van der Waals surface area contributed by atoms with Crippen molar-refractivity contribution in [3.8, 4) is 0 Å². The summed E-state index contributed by atoms with van der Waals surface area (Å²) in [5, 5.41) is 3.51. The van der Waals surface area contributed by atoms with Gasteiger partial charge in [0, 0.05) is 31.9 Å². The Kier molecular flexibility index (Phi) is 5.86. The molecule has 0 bridgehead atoms. The van der Waals surface area contributed by atoms with E-state index in [1.165, 1.54) is 37.1 Å². The van der Waals surface area contributed by atoms with E-state index < -0.39 is 0 Å². The van der Waals surface area contributed by atoms with Crippen LogP contribution in [0.1, 0.15) is 31.7 Å². The van der Waals surface area contributed by atoms with Gasteiger partial charge in [-0.15, -0.1) is 0 Å². The fourth-order valence-electron chi connectivity index (χ4n) is 3.06. The molecule has 112 valence electrons. The fourth-order valence-corrected chi connectivity index (χ4v) is 3.06. The molecule has 3 nitrogen and oxygen atoms in total. The second-order valence-corrected chi connectivity index (χ2v) is 5.96. The van der Waals surface area contributed by atoms with E-state index in [4.69, 9.17) is 0 Å². The van der Waals surface area contributed by atoms with Gasteiger partial charge in [0.05, 0.1) is 0 Å². The maximum Gasteiger partial charge on any atom is 0.0409 e. The van der Waals surface area contributed by atoms with Gasteiger partial charge in [-0.05, 0) is 51.0 Å². The van der Waals surface area contributed by atoms with Gasteiger partial charge < -0.3 is 15.1 Å². The molecule has 1 unspecified atom stereocenters. The lowest BCUT2D eigenvalue weighted by Gasteiger charge is -2.29. The molecule has 1 aromatic carbocycles. The van der Waals surface area contributed by atoms with Gasteiger partial charge in [0.1, 0.15) is 0 Å². The van der Waals surface area contributed by atoms with E-state index in [9.17, 15) is 0 Å². The zero-order valence-corrected chi connectivity index (χ0v) is 13.2. The number of hydrogen-bond donors (Lipinski definition) is 1. The third-order valence-corrected chi connectivity index (χ3v) is 4.30. The van der Waals surface area contributed by atoms with Gasteiger partial charge in [0.15, 0.2) is 0 Å². The Hall–Kier alpha value is -1.06. The van der Waals surface area contributed by atoms with Crippen LogP contribution >= 0.6 is 0 Å². The van der Waals surface area contributed by atoms with Crippen LogP contribution in [-0.4, -0.2) is 44.7 Å². The van der Waals surface area contributed by atoms with Gasteiger partial charge in [-0.2, -0.15) is 0 Å². The molecule has 3 heteroatoms. The summed E-state index contributed by atoms with van der Waals surface area (Å²) in [7, 11) is 4.48. The van der Waals surface area contributed by atoms with E-state index in [0.29, 0.717) is 6.04 Å². The van der Waals surface area contributed by atoms with E-state index in [-0.39, 0.29) is 0 Å². The average molecular weight is 275 g/mol. The van der Waals surface area contributed by atoms with Crippen LogP contribution < -0.4 is 10.2 Å². The van der Waals surface area contributed by atoms with Crippen molar-refractivity contribution in [3.63, 3.8) is 0 Å². The van der Waals surface area contributed by atoms with Crippen molar-refractivity contribution >= 4 is 5.69 Å². The molecule has 0 saturated carbocycles. The highest BCUT2D eigenvalue weighted by molar-refractivity contribution is 5.53. The van der Waals surface area contributed by atoms with Crippen molar-refractivity contribution in [1.82, 2.24) is 10.2 Å². The molecular formula is C17H29N3. The SMILES string of the molecule is CCCNCc1ccccc1N(C)CC1CCCN1C. The average Bonchev–Trinajstić information content (AvgIpc) is 2.85. The maximum atomic E-state index is 3.51. The van der Waals surface area contributed by atoms with Crippen LogP contribution in [0.4, 0.5) is 5.69 Å². The third-order valence-electron chi connectivity index (χ3n) is 4.30. The van der Waals surface area contributed by atoms with Crippen LogP contribution in [0, 0.1) is 0 Å². The molecule has 1 aliphatic heterocycles. The zero-order chi connectivity index (χ0) is 14.4. The fraction of sp³-hybridized carbons (Fsp3) is 0.647. The molecule has 1 fully saturated rings. The van der Waals surface area contributed by atoms with Gasteiger partial charge in [-0.25, -0.2) is 0 Å². The summed E-state index contributed by atoms with van der Waals surface area (Å²) in [5.41, 5.74) is 2.78. The molecule has 1 N–H and O–H groups in total. The summed E-state index contributed by atoms with van der Waals surface area (Å²) < 4.78 is 0. The molecule has 0 aromatic heterocycles. The minimum Gasteiger partial charge on any atom is -0.373 e. The minimum atomic E-state index is 0.705. The normalized spacial score (nSPS) is 19.4. The molecule has 0 aliphatic carbocycles. The Bertz CT molecular complexity index is 405. The predicted molar refractivity (Wildman–Crippen MR) is 87.4 cm³/mol. The molecule has 0 radical (unpaired) electrons. The highest BCUT2D eigenvalue weighted by atomic mass is 15.2. The van der Waals surface area contributed by atoms with E-state index in [1.54, 1.807) is 0 Å². The lowest BCUT2D eigenvalue weighted by Crippen LogP contribution is -2.37. The summed E-state index contributed by atoms with van der Waals surface area (Å²) in [5.74, 6) is 0. The zero-order valence-electron chi connectivity index (χ0n) is 13.2. The van der Waals surface area contributed by atoms with Crippen LogP contribution in [0.3, 0.4) is 0 Å². The Morgan fingerprint density at radius 1 is 1.35 bits per heavy atom. The van der Waals surface area contributed by atoms with Crippen molar-refractivity contribution in [2.24, 2.45) is 0 Å². The van der Waals surface area contributed by atoms with E-state index in [0.717, 1.165) is 19.6 Å². The number of nitrogens with one attached hydrogen (secondary N) is 1. The number of likely N-dealkylation sites (N-methyl/N-ethyl adjacent to an activating group) is 2. The van der Waals surface area contributed by atoms with Crippen molar-refractivity contribution in [2.45, 2.75) is 38.8 Å². The smallest absolute Gasteiger partial charge is 0.0409 e. The van der Waals surface area contributed by atoms with Crippen molar-refractivity contribution in [3.05, 3.63) is 29.8 Å². The van der Waals surface area contributed by atoms with Gasteiger partial charge in [-0.1, -0.05) is 25.1 Å². The first-order chi connectivity index (χ1) is 9.72. The molecule has 1 aromatic rings.